The number of carboxylic acids is 1. The minimum Gasteiger partial charge on any atom is -0.480 e. The first-order valence-electron chi connectivity index (χ1n) is 6.36. The third kappa shape index (κ3) is 6.04. The zero-order chi connectivity index (χ0) is 15.9. The maximum absolute atomic E-state index is 12.2. The van der Waals surface area contributed by atoms with Crippen molar-refractivity contribution in [1.82, 2.24) is 9.03 Å². The van der Waals surface area contributed by atoms with Crippen LogP contribution in [0.25, 0.3) is 0 Å². The van der Waals surface area contributed by atoms with Crippen LogP contribution in [0.5, 0.6) is 0 Å². The Hall–Kier alpha value is -1.09. The fourth-order valence-corrected chi connectivity index (χ4v) is 3.21. The predicted octanol–water partition coefficient (Wildman–Crippen LogP) is 1.16. The van der Waals surface area contributed by atoms with Gasteiger partial charge in [0.15, 0.2) is 0 Å². The summed E-state index contributed by atoms with van der Waals surface area (Å²) >= 11 is 1.47. The molecule has 0 spiro atoms. The first kappa shape index (κ1) is 18.0. The van der Waals surface area contributed by atoms with E-state index in [4.69, 9.17) is 5.11 Å². The third-order valence-corrected chi connectivity index (χ3v) is 5.03. The highest BCUT2D eigenvalue weighted by atomic mass is 32.2. The number of carboxylic acid groups (broad SMARTS) is 1. The fraction of sp³-hybridized carbons (Fsp3) is 0.462. The molecular weight excluding hydrogens is 312 g/mol. The molecule has 118 valence electrons. The fourth-order valence-electron chi connectivity index (χ4n) is 1.66. The Labute approximate surface area is 129 Å². The quantitative estimate of drug-likeness (QED) is 0.708. The van der Waals surface area contributed by atoms with Gasteiger partial charge >= 0.3 is 5.97 Å². The molecule has 0 aliphatic rings. The lowest BCUT2D eigenvalue weighted by Gasteiger charge is -2.21. The van der Waals surface area contributed by atoms with Gasteiger partial charge in [-0.25, -0.2) is 0 Å². The number of hydrogen-bond donors (Lipinski definition) is 2. The number of hydrogen-bond acceptors (Lipinski definition) is 4. The van der Waals surface area contributed by atoms with Gasteiger partial charge in [0, 0.05) is 13.6 Å². The molecule has 1 atom stereocenters. The van der Waals surface area contributed by atoms with Crippen molar-refractivity contribution in [2.75, 3.05) is 19.1 Å². The van der Waals surface area contributed by atoms with Gasteiger partial charge in [-0.3, -0.25) is 4.79 Å². The third-order valence-electron chi connectivity index (χ3n) is 2.86. The van der Waals surface area contributed by atoms with Crippen molar-refractivity contribution >= 4 is 27.9 Å². The van der Waals surface area contributed by atoms with Crippen LogP contribution < -0.4 is 4.72 Å². The lowest BCUT2D eigenvalue weighted by molar-refractivity contribution is -0.139. The molecule has 1 rings (SSSR count). The van der Waals surface area contributed by atoms with Crippen molar-refractivity contribution in [3.8, 4) is 0 Å². The summed E-state index contributed by atoms with van der Waals surface area (Å²) in [5.74, 6) is -0.595. The van der Waals surface area contributed by atoms with E-state index in [0.717, 1.165) is 9.87 Å². The van der Waals surface area contributed by atoms with Crippen molar-refractivity contribution in [3.05, 3.63) is 35.9 Å². The molecule has 21 heavy (non-hydrogen) atoms. The Bertz CT molecular complexity index is 549. The second-order valence-electron chi connectivity index (χ2n) is 4.54. The van der Waals surface area contributed by atoms with Crippen LogP contribution in [0.2, 0.25) is 0 Å². The molecule has 0 saturated carbocycles. The zero-order valence-corrected chi connectivity index (χ0v) is 13.7. The minimum atomic E-state index is -3.84. The van der Waals surface area contributed by atoms with E-state index in [1.54, 1.807) is 0 Å². The molecule has 0 bridgehead atoms. The summed E-state index contributed by atoms with van der Waals surface area (Å²) in [5, 5.41) is 9.08. The first-order valence-corrected chi connectivity index (χ1v) is 9.19. The summed E-state index contributed by atoms with van der Waals surface area (Å²) in [6.07, 6.45) is 2.09. The summed E-state index contributed by atoms with van der Waals surface area (Å²) in [4.78, 5) is 11.1. The molecule has 2 N–H and O–H groups in total. The number of thioether (sulfide) groups is 1. The molecule has 0 aliphatic carbocycles. The molecule has 0 heterocycles. The number of aliphatic carboxylic acids is 1. The molecule has 0 aliphatic heterocycles. The molecule has 1 aromatic rings. The van der Waals surface area contributed by atoms with E-state index in [-0.39, 0.29) is 13.0 Å². The van der Waals surface area contributed by atoms with E-state index in [9.17, 15) is 13.2 Å². The van der Waals surface area contributed by atoms with Gasteiger partial charge in [0.2, 0.25) is 0 Å². The molecule has 0 aromatic heterocycles. The Morgan fingerprint density at radius 2 is 2.00 bits per heavy atom. The number of carbonyl (C=O) groups is 1. The van der Waals surface area contributed by atoms with Crippen LogP contribution in [-0.4, -0.2) is 48.9 Å². The summed E-state index contributed by atoms with van der Waals surface area (Å²) < 4.78 is 27.7. The number of nitrogens with zero attached hydrogens (tertiary/aromatic N) is 1. The highest BCUT2D eigenvalue weighted by Crippen LogP contribution is 2.08. The Kier molecular flexibility index (Phi) is 7.16. The van der Waals surface area contributed by atoms with Crippen molar-refractivity contribution in [3.63, 3.8) is 0 Å². The van der Waals surface area contributed by atoms with Gasteiger partial charge in [-0.2, -0.15) is 29.2 Å². The smallest absolute Gasteiger partial charge is 0.321 e. The van der Waals surface area contributed by atoms with Crippen molar-refractivity contribution < 1.29 is 18.3 Å². The van der Waals surface area contributed by atoms with Crippen molar-refractivity contribution in [1.29, 1.82) is 0 Å². The molecule has 6 nitrogen and oxygen atoms in total. The minimum absolute atomic E-state index is 0.186. The van der Waals surface area contributed by atoms with Gasteiger partial charge in [-0.05, 0) is 24.0 Å². The Balaban J connectivity index is 2.72. The normalized spacial score (nSPS) is 13.3. The standard InChI is InChI=1S/C13H20N2O4S2/c1-15(10-11-6-4-3-5-7-11)21(18,19)14-12(13(16)17)8-9-20-2/h3-7,12,14H,8-10H2,1-2H3,(H,16,17). The van der Waals surface area contributed by atoms with Crippen LogP contribution in [-0.2, 0) is 21.5 Å². The SMILES string of the molecule is CSCCC(NS(=O)(=O)N(C)Cc1ccccc1)C(=O)O. The Morgan fingerprint density at radius 3 is 2.52 bits per heavy atom. The van der Waals surface area contributed by atoms with Crippen LogP contribution >= 0.6 is 11.8 Å². The zero-order valence-electron chi connectivity index (χ0n) is 12.0. The monoisotopic (exact) mass is 332 g/mol. The van der Waals surface area contributed by atoms with Gasteiger partial charge in [-0.15, -0.1) is 0 Å². The predicted molar refractivity (Wildman–Crippen MR) is 84.4 cm³/mol. The largest absolute Gasteiger partial charge is 0.480 e. The number of benzene rings is 1. The van der Waals surface area contributed by atoms with Crippen molar-refractivity contribution in [2.24, 2.45) is 0 Å². The number of nitrogens with one attached hydrogen (secondary N) is 1. The average Bonchev–Trinajstić information content (AvgIpc) is 2.44. The van der Waals surface area contributed by atoms with Gasteiger partial charge in [0.1, 0.15) is 6.04 Å². The summed E-state index contributed by atoms with van der Waals surface area (Å²) in [6, 6.07) is 8.01. The van der Waals surface area contributed by atoms with Crippen LogP contribution in [0.15, 0.2) is 30.3 Å². The highest BCUT2D eigenvalue weighted by Gasteiger charge is 2.26. The van der Waals surface area contributed by atoms with Crippen LogP contribution in [0.4, 0.5) is 0 Å². The van der Waals surface area contributed by atoms with E-state index < -0.39 is 22.2 Å². The lowest BCUT2D eigenvalue weighted by Crippen LogP contribution is -2.47. The van der Waals surface area contributed by atoms with E-state index >= 15 is 0 Å². The van der Waals surface area contributed by atoms with Gasteiger partial charge in [-0.1, -0.05) is 30.3 Å². The topological polar surface area (TPSA) is 86.7 Å². The molecule has 0 fully saturated rings. The van der Waals surface area contributed by atoms with E-state index in [1.807, 2.05) is 36.6 Å². The molecule has 0 radical (unpaired) electrons. The molecular formula is C13H20N2O4S2. The van der Waals surface area contributed by atoms with E-state index in [0.29, 0.717) is 5.75 Å². The lowest BCUT2D eigenvalue weighted by atomic mass is 10.2. The molecule has 1 aromatic carbocycles. The van der Waals surface area contributed by atoms with Crippen LogP contribution in [0.3, 0.4) is 0 Å². The van der Waals surface area contributed by atoms with Crippen molar-refractivity contribution in [2.45, 2.75) is 19.0 Å². The van der Waals surface area contributed by atoms with Gasteiger partial charge in [0.25, 0.3) is 10.2 Å². The second kappa shape index (κ2) is 8.38. The average molecular weight is 332 g/mol. The molecule has 0 amide bonds. The maximum atomic E-state index is 12.2. The summed E-state index contributed by atoms with van der Waals surface area (Å²) in [7, 11) is -2.42. The first-order chi connectivity index (χ1) is 9.86. The molecule has 1 unspecified atom stereocenters. The Morgan fingerprint density at radius 1 is 1.38 bits per heavy atom. The van der Waals surface area contributed by atoms with Gasteiger partial charge in [0.05, 0.1) is 0 Å². The van der Waals surface area contributed by atoms with E-state index in [2.05, 4.69) is 4.72 Å². The molecule has 0 saturated heterocycles. The highest BCUT2D eigenvalue weighted by molar-refractivity contribution is 7.98. The van der Waals surface area contributed by atoms with Crippen LogP contribution in [0, 0.1) is 0 Å². The summed E-state index contributed by atoms with van der Waals surface area (Å²) in [5.41, 5.74) is 0.835. The van der Waals surface area contributed by atoms with Crippen LogP contribution in [0.1, 0.15) is 12.0 Å². The maximum Gasteiger partial charge on any atom is 0.321 e. The van der Waals surface area contributed by atoms with Gasteiger partial charge < -0.3 is 5.11 Å². The summed E-state index contributed by atoms with van der Waals surface area (Å²) in [6.45, 7) is 0.186. The molecule has 8 heteroatoms. The number of rotatable bonds is 9. The van der Waals surface area contributed by atoms with E-state index in [1.165, 1.54) is 18.8 Å². The second-order valence-corrected chi connectivity index (χ2v) is 7.33.